The van der Waals surface area contributed by atoms with E-state index in [1.165, 1.54) is 31.7 Å². The zero-order valence-electron chi connectivity index (χ0n) is 14.9. The van der Waals surface area contributed by atoms with E-state index in [1.54, 1.807) is 12.1 Å². The third-order valence-corrected chi connectivity index (χ3v) is 6.55. The van der Waals surface area contributed by atoms with Crippen LogP contribution in [0, 0.1) is 0 Å². The predicted octanol–water partition coefficient (Wildman–Crippen LogP) is 4.03. The molecule has 0 atom stereocenters. The van der Waals surface area contributed by atoms with Crippen LogP contribution >= 0.6 is 15.9 Å². The monoisotopic (exact) mass is 452 g/mol. The lowest BCUT2D eigenvalue weighted by Gasteiger charge is -2.30. The van der Waals surface area contributed by atoms with Crippen LogP contribution in [0.25, 0.3) is 0 Å². The molecule has 0 bridgehead atoms. The molecule has 1 fully saturated rings. The van der Waals surface area contributed by atoms with Gasteiger partial charge >= 0.3 is 5.97 Å². The van der Waals surface area contributed by atoms with E-state index in [1.807, 2.05) is 12.1 Å². The van der Waals surface area contributed by atoms with Crippen LogP contribution in [-0.4, -0.2) is 34.6 Å². The van der Waals surface area contributed by atoms with Gasteiger partial charge in [-0.05, 0) is 65.5 Å². The van der Waals surface area contributed by atoms with Crippen molar-refractivity contribution in [3.63, 3.8) is 0 Å². The second kappa shape index (κ2) is 8.31. The van der Waals surface area contributed by atoms with Gasteiger partial charge in [0.1, 0.15) is 0 Å². The number of methoxy groups -OCH3 is 1. The number of carbonyl (C=O) groups excluding carboxylic acids is 1. The number of hydrogen-bond acceptors (Lipinski definition) is 5. The first kappa shape index (κ1) is 19.7. The zero-order valence-corrected chi connectivity index (χ0v) is 17.3. The number of nitrogens with one attached hydrogen (secondary N) is 1. The van der Waals surface area contributed by atoms with Crippen molar-refractivity contribution in [3.8, 4) is 0 Å². The van der Waals surface area contributed by atoms with E-state index < -0.39 is 16.0 Å². The number of esters is 1. The number of piperidine rings is 1. The summed E-state index contributed by atoms with van der Waals surface area (Å²) in [4.78, 5) is 14.1. The number of para-hydroxylation sites is 2. The highest BCUT2D eigenvalue weighted by Gasteiger charge is 2.22. The second-order valence-electron chi connectivity index (χ2n) is 6.30. The third kappa shape index (κ3) is 4.44. The Morgan fingerprint density at radius 2 is 1.81 bits per heavy atom. The van der Waals surface area contributed by atoms with Crippen LogP contribution in [0.4, 0.5) is 11.4 Å². The maximum Gasteiger partial charge on any atom is 0.339 e. The Morgan fingerprint density at radius 1 is 1.11 bits per heavy atom. The summed E-state index contributed by atoms with van der Waals surface area (Å²) in [6, 6.07) is 11.6. The molecule has 2 aromatic rings. The van der Waals surface area contributed by atoms with Gasteiger partial charge in [0.2, 0.25) is 0 Å². The van der Waals surface area contributed by atoms with Gasteiger partial charge in [0, 0.05) is 17.6 Å². The van der Waals surface area contributed by atoms with Crippen LogP contribution < -0.4 is 9.62 Å². The first-order valence-corrected chi connectivity index (χ1v) is 10.9. The lowest BCUT2D eigenvalue weighted by Crippen LogP contribution is -2.30. The standard InChI is InChI=1S/C19H21BrN2O4S/c1-26-19(23)15-13-14(9-10-16(15)20)27(24,25)21-17-7-3-4-8-18(17)22-11-5-2-6-12-22/h3-4,7-10,13,21H,2,5-6,11-12H2,1H3. The number of anilines is 2. The highest BCUT2D eigenvalue weighted by molar-refractivity contribution is 9.10. The highest BCUT2D eigenvalue weighted by atomic mass is 79.9. The van der Waals surface area contributed by atoms with Gasteiger partial charge in [-0.1, -0.05) is 12.1 Å². The molecule has 1 N–H and O–H groups in total. The van der Waals surface area contributed by atoms with E-state index in [2.05, 4.69) is 25.6 Å². The number of carbonyl (C=O) groups is 1. The Balaban J connectivity index is 1.93. The fourth-order valence-corrected chi connectivity index (χ4v) is 4.62. The smallest absolute Gasteiger partial charge is 0.339 e. The molecular formula is C19H21BrN2O4S. The maximum atomic E-state index is 12.9. The van der Waals surface area contributed by atoms with E-state index in [0.717, 1.165) is 31.6 Å². The summed E-state index contributed by atoms with van der Waals surface area (Å²) in [5.74, 6) is -0.604. The zero-order chi connectivity index (χ0) is 19.4. The number of rotatable bonds is 5. The van der Waals surface area contributed by atoms with Gasteiger partial charge in [-0.3, -0.25) is 4.72 Å². The van der Waals surface area contributed by atoms with Crippen molar-refractivity contribution >= 4 is 43.3 Å². The summed E-state index contributed by atoms with van der Waals surface area (Å²) in [6.45, 7) is 1.81. The fraction of sp³-hybridized carbons (Fsp3) is 0.316. The van der Waals surface area contributed by atoms with Crippen LogP contribution in [-0.2, 0) is 14.8 Å². The van der Waals surface area contributed by atoms with Crippen LogP contribution in [0.15, 0.2) is 51.8 Å². The fourth-order valence-electron chi connectivity index (χ4n) is 3.11. The first-order valence-electron chi connectivity index (χ1n) is 8.67. The number of nitrogens with zero attached hydrogens (tertiary/aromatic N) is 1. The van der Waals surface area contributed by atoms with Crippen molar-refractivity contribution in [1.29, 1.82) is 0 Å². The Labute approximate surface area is 167 Å². The van der Waals surface area contributed by atoms with Crippen molar-refractivity contribution in [3.05, 3.63) is 52.5 Å². The van der Waals surface area contributed by atoms with Gasteiger partial charge in [-0.25, -0.2) is 13.2 Å². The van der Waals surface area contributed by atoms with Gasteiger partial charge in [-0.15, -0.1) is 0 Å². The molecule has 6 nitrogen and oxygen atoms in total. The van der Waals surface area contributed by atoms with Crippen LogP contribution in [0.3, 0.4) is 0 Å². The third-order valence-electron chi connectivity index (χ3n) is 4.50. The minimum Gasteiger partial charge on any atom is -0.465 e. The summed E-state index contributed by atoms with van der Waals surface area (Å²) in [5.41, 5.74) is 1.55. The SMILES string of the molecule is COC(=O)c1cc(S(=O)(=O)Nc2ccccc2N2CCCCC2)ccc1Br. The first-order chi connectivity index (χ1) is 12.9. The van der Waals surface area contributed by atoms with E-state index >= 15 is 0 Å². The lowest BCUT2D eigenvalue weighted by molar-refractivity contribution is 0.0599. The highest BCUT2D eigenvalue weighted by Crippen LogP contribution is 2.31. The van der Waals surface area contributed by atoms with E-state index in [9.17, 15) is 13.2 Å². The van der Waals surface area contributed by atoms with Gasteiger partial charge < -0.3 is 9.64 Å². The molecule has 1 saturated heterocycles. The lowest BCUT2D eigenvalue weighted by atomic mass is 10.1. The van der Waals surface area contributed by atoms with Crippen molar-refractivity contribution in [2.24, 2.45) is 0 Å². The van der Waals surface area contributed by atoms with Crippen molar-refractivity contribution in [2.45, 2.75) is 24.2 Å². The molecule has 27 heavy (non-hydrogen) atoms. The van der Waals surface area contributed by atoms with E-state index in [4.69, 9.17) is 4.74 Å². The molecule has 0 aromatic heterocycles. The average molecular weight is 453 g/mol. The van der Waals surface area contributed by atoms with E-state index in [0.29, 0.717) is 10.2 Å². The number of sulfonamides is 1. The normalized spacial score (nSPS) is 14.7. The molecule has 0 amide bonds. The Bertz CT molecular complexity index is 940. The molecular weight excluding hydrogens is 432 g/mol. The molecule has 1 heterocycles. The average Bonchev–Trinajstić information content (AvgIpc) is 2.68. The van der Waals surface area contributed by atoms with Crippen molar-refractivity contribution < 1.29 is 17.9 Å². The molecule has 0 radical (unpaired) electrons. The summed E-state index contributed by atoms with van der Waals surface area (Å²) >= 11 is 3.25. The quantitative estimate of drug-likeness (QED) is 0.692. The topological polar surface area (TPSA) is 75.7 Å². The van der Waals surface area contributed by atoms with Gasteiger partial charge in [-0.2, -0.15) is 0 Å². The van der Waals surface area contributed by atoms with Gasteiger partial charge in [0.25, 0.3) is 10.0 Å². The van der Waals surface area contributed by atoms with Crippen molar-refractivity contribution in [2.75, 3.05) is 29.8 Å². The summed E-state index contributed by atoms with van der Waals surface area (Å²) in [7, 11) is -2.61. The van der Waals surface area contributed by atoms with Crippen LogP contribution in [0.1, 0.15) is 29.6 Å². The summed E-state index contributed by atoms with van der Waals surface area (Å²) in [6.07, 6.45) is 3.38. The maximum absolute atomic E-state index is 12.9. The van der Waals surface area contributed by atoms with Crippen LogP contribution in [0.5, 0.6) is 0 Å². The number of ether oxygens (including phenoxy) is 1. The molecule has 0 aliphatic carbocycles. The number of halogens is 1. The Morgan fingerprint density at radius 3 is 2.52 bits per heavy atom. The molecule has 1 aliphatic rings. The molecule has 3 rings (SSSR count). The predicted molar refractivity (Wildman–Crippen MR) is 109 cm³/mol. The second-order valence-corrected chi connectivity index (χ2v) is 8.84. The Kier molecular flexibility index (Phi) is 6.06. The Hall–Kier alpha value is -2.06. The largest absolute Gasteiger partial charge is 0.465 e. The number of benzene rings is 2. The van der Waals surface area contributed by atoms with Gasteiger partial charge in [0.15, 0.2) is 0 Å². The molecule has 1 aliphatic heterocycles. The molecule has 2 aromatic carbocycles. The molecule has 0 unspecified atom stereocenters. The molecule has 0 spiro atoms. The van der Waals surface area contributed by atoms with E-state index in [-0.39, 0.29) is 10.5 Å². The van der Waals surface area contributed by atoms with Gasteiger partial charge in [0.05, 0.1) is 28.9 Å². The van der Waals surface area contributed by atoms with Crippen molar-refractivity contribution in [1.82, 2.24) is 0 Å². The molecule has 144 valence electrons. The minimum atomic E-state index is -3.86. The summed E-state index contributed by atoms with van der Waals surface area (Å²) < 4.78 is 33.7. The molecule has 8 heteroatoms. The molecule has 0 saturated carbocycles. The number of hydrogen-bond donors (Lipinski definition) is 1. The van der Waals surface area contributed by atoms with Crippen LogP contribution in [0.2, 0.25) is 0 Å². The summed E-state index contributed by atoms with van der Waals surface area (Å²) in [5, 5.41) is 0. The minimum absolute atomic E-state index is 0.000419.